The van der Waals surface area contributed by atoms with Crippen LogP contribution in [-0.2, 0) is 19.4 Å². The van der Waals surface area contributed by atoms with Crippen molar-refractivity contribution in [3.8, 4) is 0 Å². The Labute approximate surface area is 115 Å². The third-order valence-electron chi connectivity index (χ3n) is 2.57. The zero-order valence-corrected chi connectivity index (χ0v) is 12.2. The number of aryl methyl sites for hydroxylation is 2. The maximum absolute atomic E-state index is 11.9. The zero-order chi connectivity index (χ0) is 13.0. The number of nitrogens with zero attached hydrogens (tertiary/aromatic N) is 1. The molecule has 0 atom stereocenters. The number of carbonyl (C=O) groups excluding carboxylic acids is 1. The fraction of sp³-hybridized carbons (Fsp3) is 0.385. The molecule has 2 aromatic rings. The van der Waals surface area contributed by atoms with Crippen molar-refractivity contribution < 1.29 is 4.79 Å². The van der Waals surface area contributed by atoms with Crippen molar-refractivity contribution in [2.24, 2.45) is 0 Å². The van der Waals surface area contributed by atoms with Crippen LogP contribution in [0.5, 0.6) is 0 Å². The van der Waals surface area contributed by atoms with E-state index in [-0.39, 0.29) is 5.91 Å². The summed E-state index contributed by atoms with van der Waals surface area (Å²) in [5.74, 6) is -0.0290. The minimum Gasteiger partial charge on any atom is -0.346 e. The van der Waals surface area contributed by atoms with E-state index < -0.39 is 0 Å². The molecule has 96 valence electrons. The van der Waals surface area contributed by atoms with Gasteiger partial charge in [0, 0.05) is 9.75 Å². The average Bonchev–Trinajstić information content (AvgIpc) is 3.04. The summed E-state index contributed by atoms with van der Waals surface area (Å²) in [5, 5.41) is 3.94. The summed E-state index contributed by atoms with van der Waals surface area (Å²) < 4.78 is 0. The van der Waals surface area contributed by atoms with Crippen molar-refractivity contribution in [3.63, 3.8) is 0 Å². The Morgan fingerprint density at radius 1 is 1.22 bits per heavy atom. The molecular weight excluding hydrogens is 264 g/mol. The van der Waals surface area contributed by atoms with Crippen molar-refractivity contribution in [2.75, 3.05) is 0 Å². The molecule has 1 N–H and O–H groups in total. The smallest absolute Gasteiger partial charge is 0.263 e. The molecule has 0 spiro atoms. The van der Waals surface area contributed by atoms with Gasteiger partial charge in [0.2, 0.25) is 0 Å². The van der Waals surface area contributed by atoms with E-state index in [0.717, 1.165) is 17.8 Å². The van der Waals surface area contributed by atoms with E-state index in [4.69, 9.17) is 0 Å². The van der Waals surface area contributed by atoms with Gasteiger partial charge in [-0.3, -0.25) is 4.79 Å². The van der Waals surface area contributed by atoms with Crippen LogP contribution < -0.4 is 5.32 Å². The monoisotopic (exact) mass is 280 g/mol. The van der Waals surface area contributed by atoms with E-state index >= 15 is 0 Å². The minimum absolute atomic E-state index is 0.0290. The van der Waals surface area contributed by atoms with Gasteiger partial charge in [-0.15, -0.1) is 22.7 Å². The lowest BCUT2D eigenvalue weighted by molar-refractivity contribution is 0.0955. The molecule has 2 heterocycles. The minimum atomic E-state index is -0.0290. The van der Waals surface area contributed by atoms with E-state index in [2.05, 4.69) is 29.4 Å². The molecule has 2 aromatic heterocycles. The highest BCUT2D eigenvalue weighted by molar-refractivity contribution is 7.13. The van der Waals surface area contributed by atoms with Gasteiger partial charge in [-0.25, -0.2) is 4.98 Å². The molecule has 0 aromatic carbocycles. The van der Waals surface area contributed by atoms with Gasteiger partial charge in [-0.1, -0.05) is 13.8 Å². The van der Waals surface area contributed by atoms with Gasteiger partial charge < -0.3 is 5.32 Å². The van der Waals surface area contributed by atoms with Gasteiger partial charge in [-0.05, 0) is 25.0 Å². The summed E-state index contributed by atoms with van der Waals surface area (Å²) in [5.41, 5.74) is 0. The molecule has 0 saturated carbocycles. The number of hydrogen-bond donors (Lipinski definition) is 1. The Morgan fingerprint density at radius 2 is 2.00 bits per heavy atom. The van der Waals surface area contributed by atoms with Crippen molar-refractivity contribution in [2.45, 2.75) is 33.2 Å². The largest absolute Gasteiger partial charge is 0.346 e. The first-order valence-electron chi connectivity index (χ1n) is 6.03. The SMILES string of the molecule is CCc1ccc(CNC(=O)c2cnc(CC)s2)s1. The summed E-state index contributed by atoms with van der Waals surface area (Å²) in [7, 11) is 0. The topological polar surface area (TPSA) is 42.0 Å². The summed E-state index contributed by atoms with van der Waals surface area (Å²) in [6.45, 7) is 4.78. The second-order valence-corrected chi connectivity index (χ2v) is 6.24. The van der Waals surface area contributed by atoms with Crippen LogP contribution in [0.25, 0.3) is 0 Å². The maximum Gasteiger partial charge on any atom is 0.263 e. The lowest BCUT2D eigenvalue weighted by Gasteiger charge is -2.00. The van der Waals surface area contributed by atoms with Crippen LogP contribution in [-0.4, -0.2) is 10.9 Å². The average molecular weight is 280 g/mol. The molecular formula is C13H16N2OS2. The van der Waals surface area contributed by atoms with E-state index in [0.29, 0.717) is 11.4 Å². The van der Waals surface area contributed by atoms with Crippen LogP contribution in [0, 0.1) is 0 Å². The Morgan fingerprint density at radius 3 is 2.61 bits per heavy atom. The van der Waals surface area contributed by atoms with E-state index in [1.165, 1.54) is 21.1 Å². The highest BCUT2D eigenvalue weighted by Crippen LogP contribution is 2.17. The number of carbonyl (C=O) groups is 1. The molecule has 0 radical (unpaired) electrons. The van der Waals surface area contributed by atoms with Crippen LogP contribution in [0.4, 0.5) is 0 Å². The van der Waals surface area contributed by atoms with Crippen molar-refractivity contribution in [3.05, 3.63) is 38.0 Å². The number of hydrogen-bond acceptors (Lipinski definition) is 4. The highest BCUT2D eigenvalue weighted by Gasteiger charge is 2.09. The van der Waals surface area contributed by atoms with Gasteiger partial charge in [0.15, 0.2) is 0 Å². The summed E-state index contributed by atoms with van der Waals surface area (Å²) in [6.07, 6.45) is 3.58. The van der Waals surface area contributed by atoms with Crippen LogP contribution in [0.1, 0.15) is 38.3 Å². The van der Waals surface area contributed by atoms with E-state index in [1.54, 1.807) is 17.5 Å². The van der Waals surface area contributed by atoms with Crippen molar-refractivity contribution >= 4 is 28.6 Å². The predicted molar refractivity (Wildman–Crippen MR) is 76.4 cm³/mol. The molecule has 5 heteroatoms. The lowest BCUT2D eigenvalue weighted by Crippen LogP contribution is -2.21. The molecule has 0 fully saturated rings. The summed E-state index contributed by atoms with van der Waals surface area (Å²) in [4.78, 5) is 19.3. The number of nitrogens with one attached hydrogen (secondary N) is 1. The Balaban J connectivity index is 1.91. The fourth-order valence-electron chi connectivity index (χ4n) is 1.54. The third-order valence-corrected chi connectivity index (χ3v) is 4.94. The summed E-state index contributed by atoms with van der Waals surface area (Å²) >= 11 is 3.22. The van der Waals surface area contributed by atoms with Crippen molar-refractivity contribution in [1.82, 2.24) is 10.3 Å². The van der Waals surface area contributed by atoms with E-state index in [1.807, 2.05) is 6.92 Å². The number of thiazole rings is 1. The van der Waals surface area contributed by atoms with Gasteiger partial charge in [0.25, 0.3) is 5.91 Å². The van der Waals surface area contributed by atoms with Gasteiger partial charge in [-0.2, -0.15) is 0 Å². The second-order valence-electron chi connectivity index (χ2n) is 3.88. The molecule has 0 saturated heterocycles. The predicted octanol–water partition coefficient (Wildman–Crippen LogP) is 3.26. The van der Waals surface area contributed by atoms with Crippen LogP contribution in [0.2, 0.25) is 0 Å². The Hall–Kier alpha value is -1.20. The number of rotatable bonds is 5. The molecule has 2 rings (SSSR count). The zero-order valence-electron chi connectivity index (χ0n) is 10.5. The fourth-order valence-corrected chi connectivity index (χ4v) is 3.21. The second kappa shape index (κ2) is 6.11. The molecule has 0 aliphatic heterocycles. The molecule has 0 aliphatic carbocycles. The van der Waals surface area contributed by atoms with Gasteiger partial charge in [0.05, 0.1) is 17.7 Å². The third kappa shape index (κ3) is 3.17. The van der Waals surface area contributed by atoms with Gasteiger partial charge >= 0.3 is 0 Å². The molecule has 3 nitrogen and oxygen atoms in total. The van der Waals surface area contributed by atoms with Gasteiger partial charge in [0.1, 0.15) is 4.88 Å². The Kier molecular flexibility index (Phi) is 4.49. The first kappa shape index (κ1) is 13.2. The Bertz CT molecular complexity index is 531. The first-order valence-corrected chi connectivity index (χ1v) is 7.66. The molecule has 1 amide bonds. The normalized spacial score (nSPS) is 10.6. The van der Waals surface area contributed by atoms with E-state index in [9.17, 15) is 4.79 Å². The molecule has 0 bridgehead atoms. The highest BCUT2D eigenvalue weighted by atomic mass is 32.1. The lowest BCUT2D eigenvalue weighted by atomic mass is 10.3. The van der Waals surface area contributed by atoms with Crippen LogP contribution >= 0.6 is 22.7 Å². The summed E-state index contributed by atoms with van der Waals surface area (Å²) in [6, 6.07) is 4.20. The first-order chi connectivity index (χ1) is 8.72. The number of aromatic nitrogens is 1. The number of amides is 1. The van der Waals surface area contributed by atoms with Crippen LogP contribution in [0.3, 0.4) is 0 Å². The maximum atomic E-state index is 11.9. The quantitative estimate of drug-likeness (QED) is 0.913. The standard InChI is InChI=1S/C13H16N2OS2/c1-3-9-5-6-10(17-9)7-15-13(16)11-8-14-12(4-2)18-11/h5-6,8H,3-4,7H2,1-2H3,(H,15,16). The molecule has 0 unspecified atom stereocenters. The van der Waals surface area contributed by atoms with Crippen LogP contribution in [0.15, 0.2) is 18.3 Å². The molecule has 18 heavy (non-hydrogen) atoms. The number of thiophene rings is 1. The van der Waals surface area contributed by atoms with Crippen molar-refractivity contribution in [1.29, 1.82) is 0 Å². The molecule has 0 aliphatic rings.